The van der Waals surface area contributed by atoms with Crippen molar-refractivity contribution in [1.29, 1.82) is 0 Å². The Morgan fingerprint density at radius 2 is 1.85 bits per heavy atom. The summed E-state index contributed by atoms with van der Waals surface area (Å²) in [5.74, 6) is 0.870. The van der Waals surface area contributed by atoms with Crippen LogP contribution in [-0.2, 0) is 9.53 Å². The van der Waals surface area contributed by atoms with E-state index in [0.29, 0.717) is 0 Å². The van der Waals surface area contributed by atoms with Crippen LogP contribution in [0.1, 0.15) is 26.2 Å². The van der Waals surface area contributed by atoms with Crippen molar-refractivity contribution in [2.45, 2.75) is 32.2 Å². The minimum absolute atomic E-state index is 0.0825. The molecule has 1 atom stereocenters. The van der Waals surface area contributed by atoms with Crippen LogP contribution >= 0.6 is 15.9 Å². The molecule has 2 aliphatic heterocycles. The molecule has 6 heteroatoms. The molecule has 0 bridgehead atoms. The number of anilines is 1. The molecule has 1 aromatic rings. The number of piperidine rings is 1. The molecule has 2 aliphatic rings. The molecule has 5 nitrogen and oxygen atoms in total. The number of carbonyl (C=O) groups excluding carboxylic acids is 1. The summed E-state index contributed by atoms with van der Waals surface area (Å²) in [4.78, 5) is 17.4. The smallest absolute Gasteiger partial charge is 0.241 e. The number of nitrogens with one attached hydrogen (secondary N) is 1. The number of morpholine rings is 1. The highest BCUT2D eigenvalue weighted by Gasteiger charge is 2.27. The molecule has 3 rings (SSSR count). The van der Waals surface area contributed by atoms with Gasteiger partial charge in [-0.05, 0) is 76.0 Å². The Hall–Kier alpha value is -0.950. The number of likely N-dealkylation sites (tertiary alicyclic amines) is 1. The molecule has 0 aromatic heterocycles. The first-order chi connectivity index (χ1) is 12.6. The lowest BCUT2D eigenvalue weighted by molar-refractivity contribution is -0.121. The van der Waals surface area contributed by atoms with Crippen LogP contribution in [0.5, 0.6) is 0 Å². The Kier molecular flexibility index (Phi) is 7.49. The minimum Gasteiger partial charge on any atom is -0.379 e. The van der Waals surface area contributed by atoms with E-state index in [2.05, 4.69) is 31.0 Å². The second-order valence-corrected chi connectivity index (χ2v) is 8.31. The fourth-order valence-corrected chi connectivity index (χ4v) is 4.03. The number of carbonyl (C=O) groups is 1. The summed E-state index contributed by atoms with van der Waals surface area (Å²) in [5.41, 5.74) is 0.852. The molecule has 1 aromatic carbocycles. The van der Waals surface area contributed by atoms with E-state index in [4.69, 9.17) is 4.74 Å². The van der Waals surface area contributed by atoms with Gasteiger partial charge in [0, 0.05) is 23.2 Å². The van der Waals surface area contributed by atoms with Gasteiger partial charge in [-0.15, -0.1) is 0 Å². The van der Waals surface area contributed by atoms with Crippen LogP contribution in [0.25, 0.3) is 0 Å². The van der Waals surface area contributed by atoms with E-state index < -0.39 is 0 Å². The first-order valence-corrected chi connectivity index (χ1v) is 10.5. The summed E-state index contributed by atoms with van der Waals surface area (Å²) in [6.45, 7) is 9.15. The summed E-state index contributed by atoms with van der Waals surface area (Å²) >= 11 is 3.42. The van der Waals surface area contributed by atoms with Crippen molar-refractivity contribution in [2.24, 2.45) is 5.92 Å². The average Bonchev–Trinajstić information content (AvgIpc) is 2.69. The van der Waals surface area contributed by atoms with Gasteiger partial charge in [0.15, 0.2) is 0 Å². The van der Waals surface area contributed by atoms with Crippen LogP contribution in [0, 0.1) is 5.92 Å². The van der Waals surface area contributed by atoms with Crippen LogP contribution in [0.4, 0.5) is 5.69 Å². The summed E-state index contributed by atoms with van der Waals surface area (Å²) in [5, 5.41) is 3.03. The minimum atomic E-state index is -0.0844. The van der Waals surface area contributed by atoms with Crippen molar-refractivity contribution in [3.05, 3.63) is 28.7 Å². The quantitative estimate of drug-likeness (QED) is 0.762. The van der Waals surface area contributed by atoms with Crippen molar-refractivity contribution in [3.8, 4) is 0 Å². The Bertz CT molecular complexity index is 567. The number of hydrogen-bond donors (Lipinski definition) is 1. The van der Waals surface area contributed by atoms with Gasteiger partial charge < -0.3 is 10.1 Å². The third kappa shape index (κ3) is 5.78. The molecule has 2 heterocycles. The predicted molar refractivity (Wildman–Crippen MR) is 108 cm³/mol. The van der Waals surface area contributed by atoms with Gasteiger partial charge in [-0.25, -0.2) is 0 Å². The molecule has 2 fully saturated rings. The number of nitrogens with zero attached hydrogens (tertiary/aromatic N) is 2. The zero-order valence-corrected chi connectivity index (χ0v) is 17.2. The number of hydrogen-bond acceptors (Lipinski definition) is 4. The van der Waals surface area contributed by atoms with E-state index in [1.807, 2.05) is 31.2 Å². The highest BCUT2D eigenvalue weighted by atomic mass is 79.9. The van der Waals surface area contributed by atoms with E-state index in [1.54, 1.807) is 0 Å². The largest absolute Gasteiger partial charge is 0.379 e. The topological polar surface area (TPSA) is 44.8 Å². The average molecular weight is 424 g/mol. The number of ether oxygens (including phenoxy) is 1. The normalized spacial score (nSPS) is 21.5. The van der Waals surface area contributed by atoms with Crippen LogP contribution in [0.2, 0.25) is 0 Å². The number of rotatable bonds is 6. The number of halogens is 1. The summed E-state index contributed by atoms with van der Waals surface area (Å²) in [7, 11) is 0. The SMILES string of the molecule is CC(C(=O)Nc1ccc(Br)cc1)N1CCC(CCN2CCOCC2)CC1. The van der Waals surface area contributed by atoms with Crippen LogP contribution in [0.3, 0.4) is 0 Å². The van der Waals surface area contributed by atoms with Gasteiger partial charge in [0.1, 0.15) is 0 Å². The van der Waals surface area contributed by atoms with Crippen LogP contribution < -0.4 is 5.32 Å². The highest BCUT2D eigenvalue weighted by Crippen LogP contribution is 2.23. The molecule has 1 unspecified atom stereocenters. The van der Waals surface area contributed by atoms with Crippen molar-refractivity contribution < 1.29 is 9.53 Å². The molecular formula is C20H30BrN3O2. The number of benzene rings is 1. The predicted octanol–water partition coefficient (Wildman–Crippen LogP) is 3.21. The lowest BCUT2D eigenvalue weighted by atomic mass is 9.92. The van der Waals surface area contributed by atoms with E-state index in [0.717, 1.165) is 55.5 Å². The molecule has 144 valence electrons. The van der Waals surface area contributed by atoms with Gasteiger partial charge in [-0.3, -0.25) is 14.6 Å². The summed E-state index contributed by atoms with van der Waals surface area (Å²) in [6.07, 6.45) is 3.66. The van der Waals surface area contributed by atoms with Gasteiger partial charge in [0.25, 0.3) is 0 Å². The highest BCUT2D eigenvalue weighted by molar-refractivity contribution is 9.10. The second-order valence-electron chi connectivity index (χ2n) is 7.39. The third-order valence-corrected chi connectivity index (χ3v) is 6.17. The van der Waals surface area contributed by atoms with Gasteiger partial charge in [0.2, 0.25) is 5.91 Å². The van der Waals surface area contributed by atoms with Crippen molar-refractivity contribution in [3.63, 3.8) is 0 Å². The molecule has 2 saturated heterocycles. The van der Waals surface area contributed by atoms with Gasteiger partial charge in [-0.2, -0.15) is 0 Å². The molecule has 0 aliphatic carbocycles. The molecule has 0 radical (unpaired) electrons. The van der Waals surface area contributed by atoms with Crippen molar-refractivity contribution in [1.82, 2.24) is 9.80 Å². The van der Waals surface area contributed by atoms with Gasteiger partial charge in [-0.1, -0.05) is 15.9 Å². The summed E-state index contributed by atoms with van der Waals surface area (Å²) < 4.78 is 6.43. The van der Waals surface area contributed by atoms with Gasteiger partial charge in [0.05, 0.1) is 19.3 Å². The standard InChI is InChI=1S/C20H30BrN3O2/c1-16(20(25)22-19-4-2-18(21)3-5-19)24-10-7-17(8-11-24)6-9-23-12-14-26-15-13-23/h2-5,16-17H,6-15H2,1H3,(H,22,25). The molecule has 1 N–H and O–H groups in total. The monoisotopic (exact) mass is 423 g/mol. The van der Waals surface area contributed by atoms with E-state index in [1.165, 1.54) is 25.8 Å². The third-order valence-electron chi connectivity index (χ3n) is 5.65. The fraction of sp³-hybridized carbons (Fsp3) is 0.650. The zero-order valence-electron chi connectivity index (χ0n) is 15.6. The van der Waals surface area contributed by atoms with Crippen LogP contribution in [0.15, 0.2) is 28.7 Å². The van der Waals surface area contributed by atoms with Crippen LogP contribution in [-0.4, -0.2) is 67.7 Å². The number of amides is 1. The Labute approximate surface area is 165 Å². The Morgan fingerprint density at radius 1 is 1.19 bits per heavy atom. The maximum atomic E-state index is 12.5. The summed E-state index contributed by atoms with van der Waals surface area (Å²) in [6, 6.07) is 7.65. The second kappa shape index (κ2) is 9.83. The molecule has 0 spiro atoms. The zero-order chi connectivity index (χ0) is 18.4. The molecule has 26 heavy (non-hydrogen) atoms. The first-order valence-electron chi connectivity index (χ1n) is 9.72. The van der Waals surface area contributed by atoms with Crippen molar-refractivity contribution in [2.75, 3.05) is 51.3 Å². The maximum Gasteiger partial charge on any atom is 0.241 e. The lowest BCUT2D eigenvalue weighted by Crippen LogP contribution is -2.46. The fourth-order valence-electron chi connectivity index (χ4n) is 3.76. The Balaban J connectivity index is 1.39. The maximum absolute atomic E-state index is 12.5. The first kappa shape index (κ1) is 19.8. The lowest BCUT2D eigenvalue weighted by Gasteiger charge is -2.36. The molecule has 1 amide bonds. The molecular weight excluding hydrogens is 394 g/mol. The molecule has 0 saturated carbocycles. The van der Waals surface area contributed by atoms with E-state index in [9.17, 15) is 4.79 Å². The van der Waals surface area contributed by atoms with E-state index >= 15 is 0 Å². The Morgan fingerprint density at radius 3 is 2.50 bits per heavy atom. The van der Waals surface area contributed by atoms with Crippen molar-refractivity contribution >= 4 is 27.5 Å². The van der Waals surface area contributed by atoms with Gasteiger partial charge >= 0.3 is 0 Å². The van der Waals surface area contributed by atoms with E-state index in [-0.39, 0.29) is 11.9 Å².